The summed E-state index contributed by atoms with van der Waals surface area (Å²) in [6.45, 7) is 2.36. The van der Waals surface area contributed by atoms with Gasteiger partial charge in [0, 0.05) is 19.7 Å². The third kappa shape index (κ3) is 4.08. The van der Waals surface area contributed by atoms with Gasteiger partial charge < -0.3 is 10.6 Å². The van der Waals surface area contributed by atoms with Crippen molar-refractivity contribution in [2.75, 3.05) is 17.7 Å². The highest BCUT2D eigenvalue weighted by molar-refractivity contribution is 5.43. The van der Waals surface area contributed by atoms with Crippen LogP contribution in [0.2, 0.25) is 0 Å². The van der Waals surface area contributed by atoms with Gasteiger partial charge in [-0.15, -0.1) is 0 Å². The molecule has 0 spiro atoms. The molecule has 2 N–H and O–H groups in total. The zero-order valence-corrected chi connectivity index (χ0v) is 11.6. The quantitative estimate of drug-likeness (QED) is 0.907. The van der Waals surface area contributed by atoms with Crippen molar-refractivity contribution in [2.45, 2.75) is 19.6 Å². The molecule has 0 amide bonds. The molecule has 2 aromatic rings. The molecule has 7 heteroatoms. The summed E-state index contributed by atoms with van der Waals surface area (Å²) in [5, 5.41) is 5.40. The number of alkyl halides is 3. The smallest absolute Gasteiger partial charge is 0.366 e. The molecule has 0 radical (unpaired) electrons. The average Bonchev–Trinajstić information content (AvgIpc) is 2.45. The van der Waals surface area contributed by atoms with E-state index in [-0.39, 0.29) is 11.8 Å². The maximum atomic E-state index is 12.7. The van der Waals surface area contributed by atoms with Gasteiger partial charge in [0.05, 0.1) is 0 Å². The van der Waals surface area contributed by atoms with Crippen molar-refractivity contribution in [3.63, 3.8) is 0 Å². The van der Waals surface area contributed by atoms with Crippen LogP contribution in [0.4, 0.5) is 24.9 Å². The van der Waals surface area contributed by atoms with Crippen molar-refractivity contribution in [3.05, 3.63) is 47.2 Å². The predicted octanol–water partition coefficient (Wildman–Crippen LogP) is 3.46. The van der Waals surface area contributed by atoms with E-state index < -0.39 is 11.9 Å². The van der Waals surface area contributed by atoms with Gasteiger partial charge in [-0.05, 0) is 12.5 Å². The minimum Gasteiger partial charge on any atom is -0.366 e. The van der Waals surface area contributed by atoms with Crippen LogP contribution in [-0.4, -0.2) is 17.0 Å². The number of nitrogens with zero attached hydrogens (tertiary/aromatic N) is 2. The predicted molar refractivity (Wildman–Crippen MR) is 75.1 cm³/mol. The minimum absolute atomic E-state index is 0.0729. The van der Waals surface area contributed by atoms with Crippen molar-refractivity contribution in [1.82, 2.24) is 9.97 Å². The Labute approximate surface area is 120 Å². The molecule has 4 nitrogen and oxygen atoms in total. The van der Waals surface area contributed by atoms with E-state index in [2.05, 4.69) is 20.6 Å². The Morgan fingerprint density at radius 2 is 1.76 bits per heavy atom. The first-order valence-electron chi connectivity index (χ1n) is 6.32. The van der Waals surface area contributed by atoms with Crippen molar-refractivity contribution in [2.24, 2.45) is 0 Å². The summed E-state index contributed by atoms with van der Waals surface area (Å²) in [5.74, 6) is 0.0541. The Bertz CT molecular complexity index is 609. The number of rotatable bonds is 4. The van der Waals surface area contributed by atoms with Crippen LogP contribution in [-0.2, 0) is 12.7 Å². The van der Waals surface area contributed by atoms with Gasteiger partial charge in [-0.25, -0.2) is 4.98 Å². The molecule has 0 atom stereocenters. The highest BCUT2D eigenvalue weighted by atomic mass is 19.4. The van der Waals surface area contributed by atoms with Gasteiger partial charge in [-0.1, -0.05) is 29.8 Å². The van der Waals surface area contributed by atoms with Gasteiger partial charge in [-0.3, -0.25) is 0 Å². The first-order valence-corrected chi connectivity index (χ1v) is 6.32. The average molecular weight is 296 g/mol. The fourth-order valence-corrected chi connectivity index (χ4v) is 1.69. The largest absolute Gasteiger partial charge is 0.433 e. The van der Waals surface area contributed by atoms with Crippen LogP contribution >= 0.6 is 0 Å². The van der Waals surface area contributed by atoms with Crippen molar-refractivity contribution in [3.8, 4) is 0 Å². The van der Waals surface area contributed by atoms with E-state index in [9.17, 15) is 13.2 Å². The van der Waals surface area contributed by atoms with E-state index in [4.69, 9.17) is 0 Å². The number of aromatic nitrogens is 2. The van der Waals surface area contributed by atoms with Crippen LogP contribution in [0.15, 0.2) is 30.3 Å². The van der Waals surface area contributed by atoms with Crippen molar-refractivity contribution >= 4 is 11.8 Å². The summed E-state index contributed by atoms with van der Waals surface area (Å²) in [6.07, 6.45) is -4.51. The summed E-state index contributed by atoms with van der Waals surface area (Å²) >= 11 is 0. The number of aryl methyl sites for hydroxylation is 1. The molecular weight excluding hydrogens is 281 g/mol. The zero-order chi connectivity index (χ0) is 15.5. The maximum Gasteiger partial charge on any atom is 0.433 e. The lowest BCUT2D eigenvalue weighted by atomic mass is 10.1. The van der Waals surface area contributed by atoms with Crippen LogP contribution in [0.1, 0.15) is 16.8 Å². The lowest BCUT2D eigenvalue weighted by Crippen LogP contribution is -2.13. The molecule has 0 saturated heterocycles. The van der Waals surface area contributed by atoms with Crippen LogP contribution in [0.25, 0.3) is 0 Å². The summed E-state index contributed by atoms with van der Waals surface area (Å²) < 4.78 is 38.2. The molecular formula is C14H15F3N4. The highest BCUT2D eigenvalue weighted by Crippen LogP contribution is 2.29. The van der Waals surface area contributed by atoms with Crippen molar-refractivity contribution in [1.29, 1.82) is 0 Å². The van der Waals surface area contributed by atoms with E-state index in [1.807, 2.05) is 31.2 Å². The van der Waals surface area contributed by atoms with Gasteiger partial charge in [0.15, 0.2) is 5.69 Å². The number of nitrogens with one attached hydrogen (secondary N) is 2. The molecule has 0 aliphatic heterocycles. The molecule has 1 aromatic heterocycles. The van der Waals surface area contributed by atoms with Gasteiger partial charge in [-0.2, -0.15) is 18.2 Å². The normalized spacial score (nSPS) is 11.3. The molecule has 1 aromatic carbocycles. The number of hydrogen-bond donors (Lipinski definition) is 2. The fraction of sp³-hybridized carbons (Fsp3) is 0.286. The fourth-order valence-electron chi connectivity index (χ4n) is 1.69. The molecule has 2 rings (SSSR count). The lowest BCUT2D eigenvalue weighted by Gasteiger charge is -2.11. The van der Waals surface area contributed by atoms with Gasteiger partial charge in [0.1, 0.15) is 5.82 Å². The molecule has 0 fully saturated rings. The van der Waals surface area contributed by atoms with Crippen LogP contribution in [0.3, 0.4) is 0 Å². The Hall–Kier alpha value is -2.31. The topological polar surface area (TPSA) is 49.8 Å². The second-order valence-electron chi connectivity index (χ2n) is 4.55. The third-order valence-corrected chi connectivity index (χ3v) is 2.83. The molecule has 0 aliphatic rings. The monoisotopic (exact) mass is 296 g/mol. The highest BCUT2D eigenvalue weighted by Gasteiger charge is 2.33. The number of hydrogen-bond acceptors (Lipinski definition) is 4. The second-order valence-corrected chi connectivity index (χ2v) is 4.55. The first kappa shape index (κ1) is 15.1. The first-order chi connectivity index (χ1) is 9.88. The van der Waals surface area contributed by atoms with Crippen molar-refractivity contribution < 1.29 is 13.2 Å². The Morgan fingerprint density at radius 3 is 2.33 bits per heavy atom. The molecule has 0 aliphatic carbocycles. The number of halogens is 3. The van der Waals surface area contributed by atoms with E-state index in [1.54, 1.807) is 0 Å². The summed E-state index contributed by atoms with van der Waals surface area (Å²) in [6, 6.07) is 8.60. The Morgan fingerprint density at radius 1 is 1.10 bits per heavy atom. The molecule has 21 heavy (non-hydrogen) atoms. The van der Waals surface area contributed by atoms with Crippen LogP contribution in [0.5, 0.6) is 0 Å². The molecule has 0 unspecified atom stereocenters. The third-order valence-electron chi connectivity index (χ3n) is 2.83. The number of anilines is 2. The summed E-state index contributed by atoms with van der Waals surface area (Å²) in [5.41, 5.74) is 1.10. The minimum atomic E-state index is -4.51. The van der Waals surface area contributed by atoms with E-state index >= 15 is 0 Å². The van der Waals surface area contributed by atoms with Gasteiger partial charge in [0.25, 0.3) is 0 Å². The zero-order valence-electron chi connectivity index (χ0n) is 11.6. The van der Waals surface area contributed by atoms with Crippen LogP contribution < -0.4 is 10.6 Å². The molecule has 1 heterocycles. The lowest BCUT2D eigenvalue weighted by molar-refractivity contribution is -0.141. The molecule has 0 bridgehead atoms. The summed E-state index contributed by atoms with van der Waals surface area (Å²) in [4.78, 5) is 7.37. The Balaban J connectivity index is 2.17. The maximum absolute atomic E-state index is 12.7. The summed E-state index contributed by atoms with van der Waals surface area (Å²) in [7, 11) is 1.47. The van der Waals surface area contributed by atoms with E-state index in [0.717, 1.165) is 17.2 Å². The van der Waals surface area contributed by atoms with Crippen LogP contribution in [0, 0.1) is 6.92 Å². The molecule has 0 saturated carbocycles. The second kappa shape index (κ2) is 5.99. The van der Waals surface area contributed by atoms with Gasteiger partial charge in [0.2, 0.25) is 5.95 Å². The SMILES string of the molecule is CNc1nc(NCc2ccc(C)cc2)cc(C(F)(F)F)n1. The molecule has 112 valence electrons. The Kier molecular flexibility index (Phi) is 4.30. The van der Waals surface area contributed by atoms with E-state index in [1.165, 1.54) is 7.05 Å². The van der Waals surface area contributed by atoms with Gasteiger partial charge >= 0.3 is 6.18 Å². The standard InChI is InChI=1S/C14H15F3N4/c1-9-3-5-10(6-4-9)8-19-12-7-11(14(15,16)17)20-13(18-2)21-12/h3-7H,8H2,1-2H3,(H2,18,19,20,21). The van der Waals surface area contributed by atoms with E-state index in [0.29, 0.717) is 6.54 Å². The number of benzene rings is 1.